The first-order valence-electron chi connectivity index (χ1n) is 12.9. The Morgan fingerprint density at radius 1 is 1.03 bits per heavy atom. The lowest BCUT2D eigenvalue weighted by atomic mass is 9.82. The van der Waals surface area contributed by atoms with Crippen molar-refractivity contribution in [3.63, 3.8) is 0 Å². The van der Waals surface area contributed by atoms with Crippen LogP contribution in [0.2, 0.25) is 0 Å². The maximum atomic E-state index is 13.6. The molecule has 3 aromatic carbocycles. The van der Waals surface area contributed by atoms with Gasteiger partial charge in [0.2, 0.25) is 5.91 Å². The zero-order chi connectivity index (χ0) is 26.0. The lowest BCUT2D eigenvalue weighted by Gasteiger charge is -2.24. The number of furan rings is 1. The molecule has 4 nitrogen and oxygen atoms in total. The molecular weight excluding hydrogens is 456 g/mol. The summed E-state index contributed by atoms with van der Waals surface area (Å²) >= 11 is 0. The lowest BCUT2D eigenvalue weighted by Crippen LogP contribution is -2.24. The van der Waals surface area contributed by atoms with Gasteiger partial charge >= 0.3 is 0 Å². The zero-order valence-electron chi connectivity index (χ0n) is 21.7. The van der Waals surface area contributed by atoms with Crippen LogP contribution in [0.3, 0.4) is 0 Å². The molecule has 188 valence electrons. The van der Waals surface area contributed by atoms with Crippen molar-refractivity contribution in [1.82, 2.24) is 0 Å². The first-order chi connectivity index (χ1) is 17.8. The predicted molar refractivity (Wildman–Crippen MR) is 152 cm³/mol. The normalized spacial score (nSPS) is 16.4. The van der Waals surface area contributed by atoms with Crippen LogP contribution in [-0.2, 0) is 10.2 Å². The van der Waals surface area contributed by atoms with Crippen molar-refractivity contribution in [3.8, 4) is 11.3 Å². The molecule has 3 N–H and O–H groups in total. The first-order valence-corrected chi connectivity index (χ1v) is 12.9. The van der Waals surface area contributed by atoms with Gasteiger partial charge in [-0.15, -0.1) is 0 Å². The summed E-state index contributed by atoms with van der Waals surface area (Å²) < 4.78 is 5.99. The van der Waals surface area contributed by atoms with E-state index in [0.29, 0.717) is 0 Å². The van der Waals surface area contributed by atoms with Crippen LogP contribution in [0.15, 0.2) is 107 Å². The summed E-state index contributed by atoms with van der Waals surface area (Å²) in [4.78, 5) is 13.6. The van der Waals surface area contributed by atoms with Gasteiger partial charge in [-0.25, -0.2) is 0 Å². The second-order valence-electron chi connectivity index (χ2n) is 10.9. The monoisotopic (exact) mass is 490 g/mol. The van der Waals surface area contributed by atoms with Crippen molar-refractivity contribution in [1.29, 1.82) is 0 Å². The standard InChI is InChI=1S/C33H34N2O2/c1-33(2,3)26-14-10-23(11-15-26)29(20-22-8-16-27(34)17-9-22)32(36)35-28-18-12-24(13-19-28)31-21-25-6-4-5-7-30(25)37-31/h4-8,10-19,21-22,29H,9,20,34H2,1-3H3,(H,35,36). The van der Waals surface area contributed by atoms with Crippen LogP contribution in [0.4, 0.5) is 5.69 Å². The summed E-state index contributed by atoms with van der Waals surface area (Å²) in [6.45, 7) is 6.60. The highest BCUT2D eigenvalue weighted by Gasteiger charge is 2.25. The molecule has 5 rings (SSSR count). The molecule has 0 saturated heterocycles. The largest absolute Gasteiger partial charge is 0.456 e. The molecule has 0 aliphatic heterocycles. The summed E-state index contributed by atoms with van der Waals surface area (Å²) in [5.74, 6) is 0.801. The van der Waals surface area contributed by atoms with Crippen molar-refractivity contribution in [2.45, 2.75) is 44.9 Å². The first kappa shape index (κ1) is 24.6. The van der Waals surface area contributed by atoms with E-state index in [0.717, 1.165) is 52.1 Å². The molecule has 4 heteroatoms. The average molecular weight is 491 g/mol. The fourth-order valence-corrected chi connectivity index (χ4v) is 4.84. The Labute approximate surface area is 218 Å². The molecule has 2 unspecified atom stereocenters. The van der Waals surface area contributed by atoms with E-state index in [-0.39, 0.29) is 23.2 Å². The van der Waals surface area contributed by atoms with Crippen molar-refractivity contribution in [2.75, 3.05) is 5.32 Å². The van der Waals surface area contributed by atoms with Crippen LogP contribution < -0.4 is 11.1 Å². The molecular formula is C33H34N2O2. The van der Waals surface area contributed by atoms with E-state index < -0.39 is 0 Å². The summed E-state index contributed by atoms with van der Waals surface area (Å²) in [6.07, 6.45) is 7.68. The third kappa shape index (κ3) is 5.69. The maximum absolute atomic E-state index is 13.6. The second-order valence-corrected chi connectivity index (χ2v) is 10.9. The minimum atomic E-state index is -0.272. The van der Waals surface area contributed by atoms with E-state index in [4.69, 9.17) is 10.2 Å². The van der Waals surface area contributed by atoms with Crippen LogP contribution in [0, 0.1) is 5.92 Å². The summed E-state index contributed by atoms with van der Waals surface area (Å²) in [6, 6.07) is 26.3. The quantitative estimate of drug-likeness (QED) is 0.288. The number of rotatable bonds is 6. The van der Waals surface area contributed by atoms with Gasteiger partial charge in [-0.2, -0.15) is 0 Å². The van der Waals surface area contributed by atoms with E-state index >= 15 is 0 Å². The molecule has 1 heterocycles. The number of hydrogen-bond acceptors (Lipinski definition) is 3. The summed E-state index contributed by atoms with van der Waals surface area (Å²) in [5, 5.41) is 4.23. The zero-order valence-corrected chi connectivity index (χ0v) is 21.7. The van der Waals surface area contributed by atoms with E-state index in [1.54, 1.807) is 0 Å². The van der Waals surface area contributed by atoms with Crippen LogP contribution in [-0.4, -0.2) is 5.91 Å². The third-order valence-electron chi connectivity index (χ3n) is 7.11. The molecule has 0 fully saturated rings. The molecule has 2 atom stereocenters. The van der Waals surface area contributed by atoms with Gasteiger partial charge in [-0.1, -0.05) is 75.4 Å². The van der Waals surface area contributed by atoms with Gasteiger partial charge in [0.25, 0.3) is 0 Å². The molecule has 0 spiro atoms. The SMILES string of the molecule is CC(C)(C)c1ccc(C(CC2C=CC(N)=CC2)C(=O)Nc2ccc(-c3cc4ccccc4o3)cc2)cc1. The Morgan fingerprint density at radius 2 is 1.76 bits per heavy atom. The van der Waals surface area contributed by atoms with Gasteiger partial charge in [-0.05, 0) is 77.8 Å². The Hall–Kier alpha value is -4.05. The Kier molecular flexibility index (Phi) is 6.75. The molecule has 0 radical (unpaired) electrons. The van der Waals surface area contributed by atoms with Crippen molar-refractivity contribution >= 4 is 22.6 Å². The number of nitrogens with one attached hydrogen (secondary N) is 1. The molecule has 1 amide bonds. The van der Waals surface area contributed by atoms with Crippen molar-refractivity contribution in [2.24, 2.45) is 11.7 Å². The Morgan fingerprint density at radius 3 is 2.41 bits per heavy atom. The molecule has 4 aromatic rings. The van der Waals surface area contributed by atoms with Crippen molar-refractivity contribution < 1.29 is 9.21 Å². The molecule has 1 aliphatic carbocycles. The van der Waals surface area contributed by atoms with E-state index in [2.05, 4.69) is 56.4 Å². The second kappa shape index (κ2) is 10.1. The number of anilines is 1. The Balaban J connectivity index is 1.35. The number of carbonyl (C=O) groups is 1. The van der Waals surface area contributed by atoms with Crippen LogP contribution in [0.1, 0.15) is 50.7 Å². The fourth-order valence-electron chi connectivity index (χ4n) is 4.84. The van der Waals surface area contributed by atoms with Crippen LogP contribution in [0.25, 0.3) is 22.3 Å². The van der Waals surface area contributed by atoms with Crippen LogP contribution in [0.5, 0.6) is 0 Å². The number of carbonyl (C=O) groups excluding carboxylic acids is 1. The fraction of sp³-hybridized carbons (Fsp3) is 0.242. The number of nitrogens with two attached hydrogens (primary N) is 1. The number of fused-ring (bicyclic) bond motifs is 1. The Bertz CT molecular complexity index is 1420. The van der Waals surface area contributed by atoms with E-state index in [1.165, 1.54) is 5.56 Å². The molecule has 1 aliphatic rings. The highest BCUT2D eigenvalue weighted by Crippen LogP contribution is 2.33. The highest BCUT2D eigenvalue weighted by molar-refractivity contribution is 5.96. The van der Waals surface area contributed by atoms with E-state index in [9.17, 15) is 4.79 Å². The van der Waals surface area contributed by atoms with Gasteiger partial charge in [-0.3, -0.25) is 4.79 Å². The molecule has 0 saturated carbocycles. The minimum Gasteiger partial charge on any atom is -0.456 e. The predicted octanol–water partition coefficient (Wildman–Crippen LogP) is 7.93. The number of benzene rings is 3. The van der Waals surface area contributed by atoms with Gasteiger partial charge in [0.1, 0.15) is 11.3 Å². The lowest BCUT2D eigenvalue weighted by molar-refractivity contribution is -0.117. The highest BCUT2D eigenvalue weighted by atomic mass is 16.3. The van der Waals surface area contributed by atoms with Gasteiger partial charge < -0.3 is 15.5 Å². The number of hydrogen-bond donors (Lipinski definition) is 2. The molecule has 37 heavy (non-hydrogen) atoms. The van der Waals surface area contributed by atoms with Gasteiger partial charge in [0, 0.05) is 22.3 Å². The minimum absolute atomic E-state index is 0.00378. The summed E-state index contributed by atoms with van der Waals surface area (Å²) in [7, 11) is 0. The van der Waals surface area contributed by atoms with Gasteiger partial charge in [0.15, 0.2) is 0 Å². The van der Waals surface area contributed by atoms with Crippen LogP contribution >= 0.6 is 0 Å². The topological polar surface area (TPSA) is 68.3 Å². The molecule has 0 bridgehead atoms. The number of amides is 1. The third-order valence-corrected chi connectivity index (χ3v) is 7.11. The maximum Gasteiger partial charge on any atom is 0.231 e. The number of para-hydroxylation sites is 1. The number of allylic oxidation sites excluding steroid dienone is 3. The van der Waals surface area contributed by atoms with E-state index in [1.807, 2.05) is 66.7 Å². The van der Waals surface area contributed by atoms with Crippen molar-refractivity contribution in [3.05, 3.63) is 114 Å². The molecule has 1 aromatic heterocycles. The smallest absolute Gasteiger partial charge is 0.231 e. The summed E-state index contributed by atoms with van der Waals surface area (Å²) in [5.41, 5.74) is 11.7. The average Bonchev–Trinajstić information content (AvgIpc) is 3.33. The van der Waals surface area contributed by atoms with Gasteiger partial charge in [0.05, 0.1) is 5.92 Å².